The van der Waals surface area contributed by atoms with Crippen molar-refractivity contribution < 1.29 is 61.5 Å². The number of esters is 1. The number of carbonyl (C=O) groups excluding carboxylic acids is 5. The molecule has 2 unspecified atom stereocenters. The molecule has 3 aliphatic heterocycles. The summed E-state index contributed by atoms with van der Waals surface area (Å²) in [5.74, 6) is -9.64. The first-order valence-electron chi connectivity index (χ1n) is 23.8. The van der Waals surface area contributed by atoms with Gasteiger partial charge in [-0.3, -0.25) is 19.2 Å². The van der Waals surface area contributed by atoms with Crippen LogP contribution in [0.5, 0.6) is 0 Å². The fourth-order valence-corrected chi connectivity index (χ4v) is 10.1. The minimum atomic E-state index is -2.94. The topological polar surface area (TPSA) is 155 Å². The number of piperidine rings is 1. The minimum absolute atomic E-state index is 0.0206. The number of carbonyl (C=O) groups is 5. The van der Waals surface area contributed by atoms with Crippen LogP contribution < -0.4 is 0 Å². The summed E-state index contributed by atoms with van der Waals surface area (Å²) in [6, 6.07) is -1.21. The largest absolute Gasteiger partial charge is 0.460 e. The lowest BCUT2D eigenvalue weighted by atomic mass is 9.78. The zero-order valence-electron chi connectivity index (χ0n) is 40.5. The first-order chi connectivity index (χ1) is 30.7. The number of alkyl halides is 2. The Hall–Kier alpha value is -3.43. The average molecular weight is 918 g/mol. The monoisotopic (exact) mass is 918 g/mol. The van der Waals surface area contributed by atoms with Gasteiger partial charge in [-0.25, -0.2) is 13.6 Å². The van der Waals surface area contributed by atoms with E-state index in [1.807, 2.05) is 51.2 Å². The van der Waals surface area contributed by atoms with Crippen LogP contribution in [0.15, 0.2) is 47.6 Å². The highest BCUT2D eigenvalue weighted by Gasteiger charge is 2.55. The molecule has 0 radical (unpaired) electrons. The van der Waals surface area contributed by atoms with Crippen molar-refractivity contribution in [3.8, 4) is 0 Å². The van der Waals surface area contributed by atoms with Gasteiger partial charge >= 0.3 is 5.97 Å². The van der Waals surface area contributed by atoms with Crippen molar-refractivity contribution >= 4 is 29.2 Å². The lowest BCUT2D eigenvalue weighted by Gasteiger charge is -2.41. The Morgan fingerprint density at radius 1 is 0.877 bits per heavy atom. The maximum Gasteiger partial charge on any atom is 0.329 e. The number of halogens is 2. The first kappa shape index (κ1) is 54.2. The van der Waals surface area contributed by atoms with Crippen molar-refractivity contribution in [3.63, 3.8) is 0 Å². The fourth-order valence-electron chi connectivity index (χ4n) is 10.1. The zero-order chi connectivity index (χ0) is 48.2. The van der Waals surface area contributed by atoms with Gasteiger partial charge in [-0.05, 0) is 107 Å². The van der Waals surface area contributed by atoms with Crippen LogP contribution in [0.4, 0.5) is 8.78 Å². The molecular formula is C51H77F2NO11. The summed E-state index contributed by atoms with van der Waals surface area (Å²) in [5, 5.41) is 10.5. The zero-order valence-corrected chi connectivity index (χ0v) is 40.5. The summed E-state index contributed by atoms with van der Waals surface area (Å²) in [7, 11) is 4.38. The minimum Gasteiger partial charge on any atom is -0.460 e. The number of fused-ring (bicyclic) bond motifs is 3. The number of hydrogen-bond acceptors (Lipinski definition) is 11. The second kappa shape index (κ2) is 25.1. The van der Waals surface area contributed by atoms with Gasteiger partial charge in [-0.15, -0.1) is 0 Å². The summed E-state index contributed by atoms with van der Waals surface area (Å²) >= 11 is 0. The Kier molecular flexibility index (Phi) is 20.9. The molecule has 0 spiro atoms. The molecule has 14 heteroatoms. The molecule has 2 bridgehead atoms. The fraction of sp³-hybridized carbons (Fsp3) is 0.745. The molecular weight excluding hydrogens is 841 g/mol. The molecule has 1 aliphatic carbocycles. The highest BCUT2D eigenvalue weighted by molar-refractivity contribution is 6.39. The van der Waals surface area contributed by atoms with Gasteiger partial charge in [0.15, 0.2) is 18.1 Å². The van der Waals surface area contributed by atoms with Crippen molar-refractivity contribution in [2.45, 2.75) is 180 Å². The Labute approximate surface area is 385 Å². The smallest absolute Gasteiger partial charge is 0.329 e. The van der Waals surface area contributed by atoms with E-state index in [0.717, 1.165) is 10.5 Å². The number of aliphatic hydroxyl groups excluding tert-OH is 1. The molecule has 3 heterocycles. The lowest BCUT2D eigenvalue weighted by molar-refractivity contribution is -0.231. The number of cyclic esters (lactones) is 1. The van der Waals surface area contributed by atoms with E-state index in [1.54, 1.807) is 21.0 Å². The summed E-state index contributed by atoms with van der Waals surface area (Å²) in [6.45, 7) is 12.2. The molecule has 0 aromatic heterocycles. The number of amides is 1. The Morgan fingerprint density at radius 2 is 1.60 bits per heavy atom. The third kappa shape index (κ3) is 14.3. The summed E-state index contributed by atoms with van der Waals surface area (Å²) in [6.07, 6.45) is 9.11. The lowest BCUT2D eigenvalue weighted by Crippen LogP contribution is -2.59. The Balaban J connectivity index is 1.70. The van der Waals surface area contributed by atoms with Gasteiger partial charge in [0.05, 0.1) is 24.4 Å². The van der Waals surface area contributed by atoms with E-state index in [0.29, 0.717) is 51.4 Å². The molecule has 4 rings (SSSR count). The molecule has 3 fully saturated rings. The first-order valence-corrected chi connectivity index (χ1v) is 23.8. The van der Waals surface area contributed by atoms with Crippen LogP contribution in [0.3, 0.4) is 0 Å². The number of methoxy groups -OCH3 is 3. The van der Waals surface area contributed by atoms with E-state index in [2.05, 4.69) is 0 Å². The predicted molar refractivity (Wildman–Crippen MR) is 243 cm³/mol. The molecule has 1 saturated carbocycles. The van der Waals surface area contributed by atoms with Gasteiger partial charge in [0.1, 0.15) is 17.9 Å². The van der Waals surface area contributed by atoms with Crippen LogP contribution in [0.25, 0.3) is 0 Å². The van der Waals surface area contributed by atoms with Crippen LogP contribution in [0.1, 0.15) is 126 Å². The van der Waals surface area contributed by atoms with Gasteiger partial charge in [0.25, 0.3) is 17.5 Å². The molecule has 1 amide bonds. The molecule has 15 atom stereocenters. The second-order valence-electron chi connectivity index (χ2n) is 19.5. The van der Waals surface area contributed by atoms with Gasteiger partial charge in [0.2, 0.25) is 0 Å². The molecule has 2 saturated heterocycles. The Bertz CT molecular complexity index is 1760. The van der Waals surface area contributed by atoms with Crippen molar-refractivity contribution in [1.82, 2.24) is 4.90 Å². The standard InChI is InChI=1S/C51H77F2NO11/c1-30-16-12-11-13-17-31(2)42(61-8)28-38-21-19-36(7)51(53,65-38)48(58)49(59)54-23-15-14-18-39(54)50(60)64-43(33(4)26-37-20-22-40(55)44(27-37)62-9)29-41(56)32(3)25-34(5)45(52)47(63-10)46(57)35(6)24-30/h11-13,16-17,25,30,32-33,35-40,42-45,47,55H,14-15,18-24,26-29H2,1-10H3/b13-11?,16-12+,31-17?,34-25+/t30-,32-,33-,35-,36-,37+,38+,39?,40+,42+,43+,44-,45?,47-,51-/m1/s1. The van der Waals surface area contributed by atoms with E-state index in [-0.39, 0.29) is 73.2 Å². The second-order valence-corrected chi connectivity index (χ2v) is 19.5. The van der Waals surface area contributed by atoms with Crippen LogP contribution in [-0.2, 0) is 47.7 Å². The van der Waals surface area contributed by atoms with Crippen molar-refractivity contribution in [2.75, 3.05) is 27.9 Å². The van der Waals surface area contributed by atoms with Gasteiger partial charge in [-0.2, -0.15) is 0 Å². The van der Waals surface area contributed by atoms with E-state index >= 15 is 8.78 Å². The van der Waals surface area contributed by atoms with Crippen LogP contribution in [-0.4, -0.2) is 122 Å². The van der Waals surface area contributed by atoms with Crippen molar-refractivity contribution in [2.24, 2.45) is 35.5 Å². The van der Waals surface area contributed by atoms with Crippen LogP contribution >= 0.6 is 0 Å². The number of allylic oxidation sites excluding steroid dienone is 6. The molecule has 65 heavy (non-hydrogen) atoms. The Morgan fingerprint density at radius 3 is 2.28 bits per heavy atom. The molecule has 4 aliphatic rings. The molecule has 0 aromatic carbocycles. The number of ether oxygens (including phenoxy) is 5. The maximum atomic E-state index is 17.0. The van der Waals surface area contributed by atoms with Gasteiger partial charge < -0.3 is 33.7 Å². The molecule has 12 nitrogen and oxygen atoms in total. The number of nitrogens with zero attached hydrogens (tertiary/aromatic N) is 1. The summed E-state index contributed by atoms with van der Waals surface area (Å²) < 4.78 is 62.1. The highest BCUT2D eigenvalue weighted by atomic mass is 19.2. The SMILES string of the molecule is CO[C@H]1C[C@@H]2CC[C@@H](C)[C@@](F)(O2)C(=O)C(=O)N2CCCCC2C(=O)O[C@H]([C@H](C)C[C@@H]2CC[C@H](O)[C@H](OC)C2)CC(=O)[C@H](C)/C=C(\C)C(F)[C@@H](OC)C(=O)[C@H](C)C[C@H](C)/C=C/C=CC=C1C. The molecule has 366 valence electrons. The van der Waals surface area contributed by atoms with Crippen LogP contribution in [0.2, 0.25) is 0 Å². The molecule has 1 N–H and O–H groups in total. The van der Waals surface area contributed by atoms with E-state index in [9.17, 15) is 29.1 Å². The third-order valence-electron chi connectivity index (χ3n) is 14.4. The number of aliphatic hydroxyl groups is 1. The number of ketones is 3. The summed E-state index contributed by atoms with van der Waals surface area (Å²) in [4.78, 5) is 71.3. The normalized spacial score (nSPS) is 39.1. The van der Waals surface area contributed by atoms with Crippen LogP contribution in [0, 0.1) is 35.5 Å². The van der Waals surface area contributed by atoms with Gasteiger partial charge in [0, 0.05) is 58.5 Å². The van der Waals surface area contributed by atoms with Crippen molar-refractivity contribution in [3.05, 3.63) is 47.6 Å². The molecule has 0 aromatic rings. The van der Waals surface area contributed by atoms with Crippen molar-refractivity contribution in [1.29, 1.82) is 0 Å². The predicted octanol–water partition coefficient (Wildman–Crippen LogP) is 8.14. The number of Topliss-reactive ketones (excluding diaryl/α,β-unsaturated/α-hetero) is 3. The van der Waals surface area contributed by atoms with E-state index in [4.69, 9.17) is 23.7 Å². The number of rotatable bonds is 6. The van der Waals surface area contributed by atoms with Gasteiger partial charge in [-0.1, -0.05) is 71.1 Å². The summed E-state index contributed by atoms with van der Waals surface area (Å²) in [5.41, 5.74) is 0.981. The van der Waals surface area contributed by atoms with E-state index < -0.39 is 84.0 Å². The number of hydrogen-bond donors (Lipinski definition) is 1. The maximum absolute atomic E-state index is 17.0. The third-order valence-corrected chi connectivity index (χ3v) is 14.4. The average Bonchev–Trinajstić information content (AvgIpc) is 3.28. The quantitative estimate of drug-likeness (QED) is 0.156. The van der Waals surface area contributed by atoms with E-state index in [1.165, 1.54) is 34.1 Å². The highest BCUT2D eigenvalue weighted by Crippen LogP contribution is 2.40.